The van der Waals surface area contributed by atoms with Crippen LogP contribution in [0.4, 0.5) is 5.69 Å². The van der Waals surface area contributed by atoms with E-state index in [0.29, 0.717) is 17.7 Å². The molecule has 0 amide bonds. The lowest BCUT2D eigenvalue weighted by molar-refractivity contribution is 0.110. The van der Waals surface area contributed by atoms with Crippen LogP contribution in [0.25, 0.3) is 11.1 Å². The molecule has 66 valence electrons. The first-order valence-electron chi connectivity index (χ1n) is 3.87. The fraction of sp³-hybridized carbons (Fsp3) is 0.111. The molecule has 2 aromatic heterocycles. The zero-order chi connectivity index (χ0) is 9.26. The third-order valence-electron chi connectivity index (χ3n) is 1.85. The van der Waals surface area contributed by atoms with Crippen LogP contribution in [0.3, 0.4) is 0 Å². The van der Waals surface area contributed by atoms with Gasteiger partial charge in [0.05, 0.1) is 11.1 Å². The number of nitrogens with one attached hydrogen (secondary N) is 1. The molecule has 0 atom stereocenters. The first-order chi connectivity index (χ1) is 6.36. The highest BCUT2D eigenvalue weighted by Gasteiger charge is 2.11. The van der Waals surface area contributed by atoms with Crippen molar-refractivity contribution in [2.45, 2.75) is 0 Å². The number of hydrogen-bond acceptors (Lipinski definition) is 4. The van der Waals surface area contributed by atoms with Crippen LogP contribution in [0.5, 0.6) is 0 Å². The number of anilines is 1. The summed E-state index contributed by atoms with van der Waals surface area (Å²) in [6.07, 6.45) is 2.30. The van der Waals surface area contributed by atoms with Gasteiger partial charge in [-0.1, -0.05) is 0 Å². The van der Waals surface area contributed by atoms with Gasteiger partial charge in [-0.25, -0.2) is 4.98 Å². The second kappa shape index (κ2) is 2.90. The van der Waals surface area contributed by atoms with E-state index in [9.17, 15) is 4.79 Å². The van der Waals surface area contributed by atoms with E-state index in [4.69, 9.17) is 4.42 Å². The molecule has 2 rings (SSSR count). The molecule has 0 saturated carbocycles. The Balaban J connectivity index is 2.81. The number of furan rings is 1. The van der Waals surface area contributed by atoms with Gasteiger partial charge in [0.1, 0.15) is 0 Å². The van der Waals surface area contributed by atoms with Crippen molar-refractivity contribution in [3.8, 4) is 0 Å². The van der Waals surface area contributed by atoms with Gasteiger partial charge in [-0.05, 0) is 12.1 Å². The maximum absolute atomic E-state index is 10.6. The minimum Gasteiger partial charge on any atom is -0.433 e. The van der Waals surface area contributed by atoms with Gasteiger partial charge in [-0.15, -0.1) is 0 Å². The quantitative estimate of drug-likeness (QED) is 0.707. The van der Waals surface area contributed by atoms with Crippen molar-refractivity contribution in [3.05, 3.63) is 24.1 Å². The van der Waals surface area contributed by atoms with Crippen LogP contribution in [0.15, 0.2) is 22.7 Å². The van der Waals surface area contributed by atoms with Crippen LogP contribution < -0.4 is 5.32 Å². The van der Waals surface area contributed by atoms with Gasteiger partial charge in [0.15, 0.2) is 12.0 Å². The van der Waals surface area contributed by atoms with E-state index in [0.717, 1.165) is 5.39 Å². The van der Waals surface area contributed by atoms with Crippen LogP contribution in [-0.4, -0.2) is 18.3 Å². The molecular weight excluding hydrogens is 168 g/mol. The molecule has 2 heterocycles. The van der Waals surface area contributed by atoms with Crippen molar-refractivity contribution in [1.29, 1.82) is 0 Å². The largest absolute Gasteiger partial charge is 0.433 e. The second-order valence-corrected chi connectivity index (χ2v) is 2.57. The highest BCUT2D eigenvalue weighted by atomic mass is 16.4. The van der Waals surface area contributed by atoms with Crippen LogP contribution in [0, 0.1) is 0 Å². The van der Waals surface area contributed by atoms with Gasteiger partial charge in [-0.3, -0.25) is 4.79 Å². The summed E-state index contributed by atoms with van der Waals surface area (Å²) < 4.78 is 5.20. The Morgan fingerprint density at radius 1 is 1.62 bits per heavy atom. The van der Waals surface area contributed by atoms with Gasteiger partial charge in [0.25, 0.3) is 0 Å². The van der Waals surface area contributed by atoms with Crippen LogP contribution >= 0.6 is 0 Å². The lowest BCUT2D eigenvalue weighted by Gasteiger charge is -1.93. The number of nitrogens with zero attached hydrogens (tertiary/aromatic N) is 1. The molecule has 0 aliphatic heterocycles. The van der Waals surface area contributed by atoms with Crippen molar-refractivity contribution in [2.75, 3.05) is 12.4 Å². The minimum absolute atomic E-state index is 0.288. The minimum atomic E-state index is 0.288. The lowest BCUT2D eigenvalue weighted by atomic mass is 10.3. The molecule has 0 bridgehead atoms. The number of aromatic nitrogens is 1. The topological polar surface area (TPSA) is 55.1 Å². The summed E-state index contributed by atoms with van der Waals surface area (Å²) >= 11 is 0. The molecule has 0 aliphatic carbocycles. The Bertz CT molecular complexity index is 448. The molecule has 4 heteroatoms. The molecule has 1 N–H and O–H groups in total. The highest BCUT2D eigenvalue weighted by Crippen LogP contribution is 2.27. The van der Waals surface area contributed by atoms with E-state index in [-0.39, 0.29) is 5.76 Å². The number of carbonyl (C=O) groups excluding carboxylic acids is 1. The smallest absolute Gasteiger partial charge is 0.229 e. The fourth-order valence-electron chi connectivity index (χ4n) is 1.29. The maximum atomic E-state index is 10.6. The average Bonchev–Trinajstić information content (AvgIpc) is 2.55. The van der Waals surface area contributed by atoms with Crippen molar-refractivity contribution in [3.63, 3.8) is 0 Å². The third kappa shape index (κ3) is 1.07. The van der Waals surface area contributed by atoms with Gasteiger partial charge >= 0.3 is 0 Å². The summed E-state index contributed by atoms with van der Waals surface area (Å²) in [5.74, 6) is 0.288. The molecule has 0 aliphatic rings. The third-order valence-corrected chi connectivity index (χ3v) is 1.85. The Labute approximate surface area is 74.6 Å². The SMILES string of the molecule is CNc1c(C=O)oc2ncccc12. The highest BCUT2D eigenvalue weighted by molar-refractivity contribution is 5.97. The number of carbonyl (C=O) groups is 1. The summed E-state index contributed by atoms with van der Waals surface area (Å²) in [5.41, 5.74) is 1.17. The molecule has 0 unspecified atom stereocenters. The number of pyridine rings is 1. The van der Waals surface area contributed by atoms with Gasteiger partial charge in [-0.2, -0.15) is 0 Å². The van der Waals surface area contributed by atoms with E-state index in [2.05, 4.69) is 10.3 Å². The zero-order valence-electron chi connectivity index (χ0n) is 7.07. The van der Waals surface area contributed by atoms with Gasteiger partial charge in [0, 0.05) is 13.2 Å². The van der Waals surface area contributed by atoms with E-state index in [1.807, 2.05) is 6.07 Å². The number of fused-ring (bicyclic) bond motifs is 1. The van der Waals surface area contributed by atoms with E-state index >= 15 is 0 Å². The molecule has 0 spiro atoms. The first kappa shape index (κ1) is 7.79. The summed E-state index contributed by atoms with van der Waals surface area (Å²) in [7, 11) is 1.74. The predicted molar refractivity (Wildman–Crippen MR) is 48.9 cm³/mol. The van der Waals surface area contributed by atoms with Crippen molar-refractivity contribution < 1.29 is 9.21 Å². The fourth-order valence-corrected chi connectivity index (χ4v) is 1.29. The lowest BCUT2D eigenvalue weighted by Crippen LogP contribution is -1.89. The number of aldehydes is 1. The number of hydrogen-bond donors (Lipinski definition) is 1. The monoisotopic (exact) mass is 176 g/mol. The Kier molecular flexibility index (Phi) is 1.73. The Hall–Kier alpha value is -1.84. The van der Waals surface area contributed by atoms with E-state index in [1.54, 1.807) is 19.3 Å². The molecule has 2 aromatic rings. The Morgan fingerprint density at radius 2 is 2.46 bits per heavy atom. The van der Waals surface area contributed by atoms with E-state index in [1.165, 1.54) is 0 Å². The molecule has 0 saturated heterocycles. The van der Waals surface area contributed by atoms with Crippen molar-refractivity contribution in [2.24, 2.45) is 0 Å². The van der Waals surface area contributed by atoms with Crippen LogP contribution in [0.1, 0.15) is 10.6 Å². The van der Waals surface area contributed by atoms with Crippen molar-refractivity contribution >= 4 is 23.1 Å². The van der Waals surface area contributed by atoms with Gasteiger partial charge < -0.3 is 9.73 Å². The molecule has 4 nitrogen and oxygen atoms in total. The van der Waals surface area contributed by atoms with Crippen LogP contribution in [-0.2, 0) is 0 Å². The van der Waals surface area contributed by atoms with Gasteiger partial charge in [0.2, 0.25) is 5.71 Å². The second-order valence-electron chi connectivity index (χ2n) is 2.57. The maximum Gasteiger partial charge on any atom is 0.229 e. The Morgan fingerprint density at radius 3 is 3.15 bits per heavy atom. The first-order valence-corrected chi connectivity index (χ1v) is 3.87. The number of rotatable bonds is 2. The molecule has 0 radical (unpaired) electrons. The van der Waals surface area contributed by atoms with Crippen LogP contribution in [0.2, 0.25) is 0 Å². The standard InChI is InChI=1S/C9H8N2O2/c1-10-8-6-3-2-4-11-9(6)13-7(8)5-12/h2-5,10H,1H3. The summed E-state index contributed by atoms with van der Waals surface area (Å²) in [6, 6.07) is 3.65. The summed E-state index contributed by atoms with van der Waals surface area (Å²) in [6.45, 7) is 0. The summed E-state index contributed by atoms with van der Waals surface area (Å²) in [4.78, 5) is 14.6. The average molecular weight is 176 g/mol. The van der Waals surface area contributed by atoms with E-state index < -0.39 is 0 Å². The summed E-state index contributed by atoms with van der Waals surface area (Å²) in [5, 5.41) is 3.73. The normalized spacial score (nSPS) is 10.2. The molecule has 13 heavy (non-hydrogen) atoms. The molecule has 0 aromatic carbocycles. The predicted octanol–water partition coefficient (Wildman–Crippen LogP) is 1.68. The zero-order valence-corrected chi connectivity index (χ0v) is 7.07. The molecular formula is C9H8N2O2. The molecule has 0 fully saturated rings. The van der Waals surface area contributed by atoms with Crippen molar-refractivity contribution in [1.82, 2.24) is 4.98 Å².